The first-order valence-corrected chi connectivity index (χ1v) is 26.8. The van der Waals surface area contributed by atoms with Crippen molar-refractivity contribution in [2.75, 3.05) is 0 Å². The van der Waals surface area contributed by atoms with Crippen molar-refractivity contribution in [2.24, 2.45) is 0 Å². The minimum Gasteiger partial charge on any atom is -0.779 e. The summed E-state index contributed by atoms with van der Waals surface area (Å²) in [6, 6.07) is 84.3. The molecule has 11 heteroatoms. The van der Waals surface area contributed by atoms with Crippen molar-refractivity contribution in [2.45, 2.75) is 14.7 Å². The van der Waals surface area contributed by atoms with Gasteiger partial charge in [-0.3, -0.25) is 8.42 Å². The van der Waals surface area contributed by atoms with Crippen LogP contribution in [0.3, 0.4) is 0 Å². The van der Waals surface area contributed by atoms with Crippen LogP contribution in [0.2, 0.25) is 0 Å². The zero-order valence-electron chi connectivity index (χ0n) is 34.8. The molecule has 0 heterocycles. The largest absolute Gasteiger partial charge is 3.00 e. The molecule has 1 radical (unpaired) electrons. The summed E-state index contributed by atoms with van der Waals surface area (Å²) in [6.07, 6.45) is 0. The third-order valence-electron chi connectivity index (χ3n) is 9.76. The second kappa shape index (κ2) is 25.9. The first-order chi connectivity index (χ1) is 31.4. The van der Waals surface area contributed by atoms with Crippen molar-refractivity contribution < 1.29 is 37.0 Å². The average Bonchev–Trinajstić information content (AvgIpc) is 3.35. The number of benzene rings is 9. The van der Waals surface area contributed by atoms with E-state index in [2.05, 4.69) is 121 Å². The molecule has 9 aromatic carbocycles. The van der Waals surface area contributed by atoms with Crippen molar-refractivity contribution in [3.8, 4) is 0 Å². The monoisotopic (exact) mass is 1050 g/mol. The molecule has 0 saturated carbocycles. The van der Waals surface area contributed by atoms with Crippen molar-refractivity contribution in [1.82, 2.24) is 0 Å². The molecule has 9 rings (SSSR count). The molecular weight excluding hydrogens is 1000 g/mol. The van der Waals surface area contributed by atoms with E-state index in [-0.39, 0.29) is 19.5 Å². The molecule has 0 saturated heterocycles. The van der Waals surface area contributed by atoms with Crippen molar-refractivity contribution in [3.63, 3.8) is 0 Å². The molecule has 0 aromatic heterocycles. The van der Waals surface area contributed by atoms with Gasteiger partial charge in [-0.1, -0.05) is 243 Å². The Morgan fingerprint density at radius 3 is 0.738 bits per heavy atom. The summed E-state index contributed by atoms with van der Waals surface area (Å²) < 4.78 is 46.4. The third-order valence-corrected chi connectivity index (χ3v) is 19.5. The molecule has 0 amide bonds. The maximum absolute atomic E-state index is 11.6. The zero-order valence-corrected chi connectivity index (χ0v) is 41.7. The fourth-order valence-electron chi connectivity index (χ4n) is 6.95. The minimum atomic E-state index is -2.24. The van der Waals surface area contributed by atoms with Gasteiger partial charge >= 0.3 is 19.5 Å². The average molecular weight is 1050 g/mol. The molecule has 0 bridgehead atoms. The fraction of sp³-hybridized carbons (Fsp3) is 0. The van der Waals surface area contributed by atoms with Crippen LogP contribution < -0.4 is 47.7 Å². The Labute approximate surface area is 409 Å². The Bertz CT molecular complexity index is 2610. The molecular formula is C54H42O4P3RuS3. The van der Waals surface area contributed by atoms with E-state index in [1.54, 1.807) is 24.3 Å². The molecule has 0 N–H and O–H groups in total. The normalized spacial score (nSPS) is 11.6. The van der Waals surface area contributed by atoms with Crippen LogP contribution in [-0.2, 0) is 54.3 Å². The van der Waals surface area contributed by atoms with E-state index in [1.807, 2.05) is 109 Å². The van der Waals surface area contributed by atoms with Crippen LogP contribution in [-0.4, -0.2) is 17.5 Å². The maximum Gasteiger partial charge on any atom is 3.00 e. The van der Waals surface area contributed by atoms with E-state index in [0.29, 0.717) is 9.79 Å². The second-order valence-electron chi connectivity index (χ2n) is 13.9. The summed E-state index contributed by atoms with van der Waals surface area (Å²) in [7, 11) is -2.36. The molecule has 0 aliphatic rings. The van der Waals surface area contributed by atoms with Gasteiger partial charge in [0.1, 0.15) is 0 Å². The molecule has 0 spiro atoms. The van der Waals surface area contributed by atoms with Crippen LogP contribution in [0.25, 0.3) is 0 Å². The molecule has 2 atom stereocenters. The predicted molar refractivity (Wildman–Crippen MR) is 275 cm³/mol. The SMILES string of the molecule is O=S([O-])c1ccccc1P(c1ccccc1)c1ccccc1.O=S([O-])c1ccccc1P(c1ccccc1)c1ccccc1.[Ru+3].[S-]c1ccccc1P(c1ccccc1)c1ccccc1. The number of hydrogen-bond donors (Lipinski definition) is 0. The summed E-state index contributed by atoms with van der Waals surface area (Å²) in [4.78, 5) is 1.70. The van der Waals surface area contributed by atoms with Gasteiger partial charge in [-0.15, -0.1) is 0 Å². The molecule has 0 fully saturated rings. The van der Waals surface area contributed by atoms with Crippen molar-refractivity contribution >= 4 is 106 Å². The van der Waals surface area contributed by atoms with Gasteiger partial charge in [0.05, 0.1) is 0 Å². The van der Waals surface area contributed by atoms with Crippen LogP contribution in [0.15, 0.2) is 269 Å². The molecule has 0 aliphatic carbocycles. The van der Waals surface area contributed by atoms with Gasteiger partial charge in [0.15, 0.2) is 0 Å². The van der Waals surface area contributed by atoms with Gasteiger partial charge < -0.3 is 21.7 Å². The summed E-state index contributed by atoms with van der Waals surface area (Å²) in [5, 5.41) is 10.2. The molecule has 323 valence electrons. The quantitative estimate of drug-likeness (QED) is 0.0561. The van der Waals surface area contributed by atoms with Gasteiger partial charge in [0.25, 0.3) is 0 Å². The van der Waals surface area contributed by atoms with Gasteiger partial charge in [-0.25, -0.2) is 0 Å². The van der Waals surface area contributed by atoms with E-state index < -0.39 is 45.9 Å². The van der Waals surface area contributed by atoms with E-state index in [0.717, 1.165) is 36.7 Å². The van der Waals surface area contributed by atoms with E-state index in [1.165, 1.54) is 15.9 Å². The van der Waals surface area contributed by atoms with Crippen LogP contribution in [0, 0.1) is 0 Å². The number of rotatable bonds is 11. The first kappa shape index (κ1) is 49.8. The van der Waals surface area contributed by atoms with Crippen molar-refractivity contribution in [1.29, 1.82) is 0 Å². The summed E-state index contributed by atoms with van der Waals surface area (Å²) in [6.45, 7) is 0. The Kier molecular flexibility index (Phi) is 19.8. The molecule has 2 unspecified atom stereocenters. The molecule has 4 nitrogen and oxygen atoms in total. The fourth-order valence-corrected chi connectivity index (χ4v) is 16.2. The van der Waals surface area contributed by atoms with Gasteiger partial charge in [0.2, 0.25) is 0 Å². The first-order valence-electron chi connectivity index (χ1n) is 20.2. The second-order valence-corrected chi connectivity index (χ2v) is 22.7. The van der Waals surface area contributed by atoms with Gasteiger partial charge in [0, 0.05) is 9.79 Å². The van der Waals surface area contributed by atoms with E-state index >= 15 is 0 Å². The smallest absolute Gasteiger partial charge is 0.779 e. The minimum absolute atomic E-state index is 0. The molecule has 0 aliphatic heterocycles. The standard InChI is InChI=1S/2C18H15O2PS.C18H15PS.Ru/c2*19-22(20)18-14-8-7-13-17(18)21(15-9-3-1-4-10-15)16-11-5-2-6-12-16;20-18-14-8-7-13-17(18)19(15-9-3-1-4-10-15)16-11-5-2-6-12-16;/h2*1-14H,(H,19,20);1-14,20H;/q;;;+3/p-3. The van der Waals surface area contributed by atoms with Crippen LogP contribution in [0.4, 0.5) is 0 Å². The van der Waals surface area contributed by atoms with E-state index in [4.69, 9.17) is 12.6 Å². The van der Waals surface area contributed by atoms with E-state index in [9.17, 15) is 17.5 Å². The summed E-state index contributed by atoms with van der Waals surface area (Å²) in [5.41, 5.74) is 0. The maximum atomic E-state index is 11.6. The third kappa shape index (κ3) is 13.5. The van der Waals surface area contributed by atoms with Crippen LogP contribution in [0.1, 0.15) is 0 Å². The Hall–Kier alpha value is -4.67. The molecule has 65 heavy (non-hydrogen) atoms. The summed E-state index contributed by atoms with van der Waals surface area (Å²) >= 11 is 1.06. The van der Waals surface area contributed by atoms with Crippen LogP contribution in [0.5, 0.6) is 0 Å². The van der Waals surface area contributed by atoms with Gasteiger partial charge in [-0.05, 0) is 106 Å². The topological polar surface area (TPSA) is 80.3 Å². The Balaban J connectivity index is 0.000000161. The zero-order chi connectivity index (χ0) is 44.5. The van der Waals surface area contributed by atoms with Gasteiger partial charge in [-0.2, -0.15) is 4.90 Å². The Morgan fingerprint density at radius 1 is 0.292 bits per heavy atom. The predicted octanol–water partition coefficient (Wildman–Crippen LogP) is 8.71. The summed E-state index contributed by atoms with van der Waals surface area (Å²) in [5.74, 6) is 0. The molecule has 9 aromatic rings. The number of hydrogen-bond acceptors (Lipinski definition) is 5. The van der Waals surface area contributed by atoms with Crippen molar-refractivity contribution in [3.05, 3.63) is 255 Å². The Morgan fingerprint density at radius 2 is 0.492 bits per heavy atom. The van der Waals surface area contributed by atoms with Crippen LogP contribution >= 0.6 is 23.8 Å².